The zero-order valence-corrected chi connectivity index (χ0v) is 18.3. The van der Waals surface area contributed by atoms with Crippen LogP contribution in [0.25, 0.3) is 10.2 Å². The van der Waals surface area contributed by atoms with E-state index in [9.17, 15) is 4.79 Å². The molecule has 3 aromatic rings. The highest BCUT2D eigenvalue weighted by molar-refractivity contribution is 7.18. The van der Waals surface area contributed by atoms with E-state index in [0.29, 0.717) is 23.8 Å². The molecule has 7 nitrogen and oxygen atoms in total. The molecule has 2 aromatic heterocycles. The third kappa shape index (κ3) is 5.70. The van der Waals surface area contributed by atoms with Crippen LogP contribution >= 0.6 is 36.2 Å². The summed E-state index contributed by atoms with van der Waals surface area (Å²) in [6.07, 6.45) is 2.64. The number of hydrogen-bond donors (Lipinski definition) is 2. The van der Waals surface area contributed by atoms with Gasteiger partial charge in [-0.25, -0.2) is 9.78 Å². The minimum atomic E-state index is -0.672. The number of thiazole rings is 1. The number of urea groups is 1. The fourth-order valence-corrected chi connectivity index (χ4v) is 3.97. The summed E-state index contributed by atoms with van der Waals surface area (Å²) in [4.78, 5) is 23.3. The second kappa shape index (κ2) is 10.6. The lowest BCUT2D eigenvalue weighted by Crippen LogP contribution is -2.51. The first-order valence-corrected chi connectivity index (χ1v) is 9.70. The number of pyridine rings is 1. The lowest BCUT2D eigenvalue weighted by atomic mass is 10.2. The molecule has 1 fully saturated rings. The van der Waals surface area contributed by atoms with Crippen LogP contribution in [0.15, 0.2) is 42.7 Å². The molecule has 0 saturated carbocycles. The van der Waals surface area contributed by atoms with Crippen LogP contribution in [0.2, 0.25) is 0 Å². The highest BCUT2D eigenvalue weighted by atomic mass is 35.5. The number of rotatable bonds is 4. The number of fused-ring (bicyclic) bond motifs is 1. The van der Waals surface area contributed by atoms with Crippen LogP contribution in [-0.4, -0.2) is 47.1 Å². The van der Waals surface area contributed by atoms with Crippen LogP contribution in [0.5, 0.6) is 5.75 Å². The van der Waals surface area contributed by atoms with E-state index in [2.05, 4.69) is 33.6 Å². The van der Waals surface area contributed by atoms with Gasteiger partial charge in [-0.05, 0) is 36.8 Å². The largest absolute Gasteiger partial charge is 0.462 e. The third-order valence-corrected chi connectivity index (χ3v) is 5.39. The highest BCUT2D eigenvalue weighted by Crippen LogP contribution is 2.29. The lowest BCUT2D eigenvalue weighted by Gasteiger charge is -2.29. The van der Waals surface area contributed by atoms with E-state index in [1.165, 1.54) is 16.9 Å². The van der Waals surface area contributed by atoms with E-state index in [-0.39, 0.29) is 30.8 Å². The van der Waals surface area contributed by atoms with Gasteiger partial charge in [0.15, 0.2) is 5.01 Å². The van der Waals surface area contributed by atoms with Gasteiger partial charge in [-0.15, -0.1) is 36.2 Å². The van der Waals surface area contributed by atoms with Gasteiger partial charge in [0.25, 0.3) is 0 Å². The van der Waals surface area contributed by atoms with Crippen LogP contribution in [0.1, 0.15) is 16.8 Å². The monoisotopic (exact) mass is 455 g/mol. The number of hydrogen-bond acceptors (Lipinski definition) is 6. The van der Waals surface area contributed by atoms with Crippen molar-refractivity contribution in [2.45, 2.75) is 13.2 Å². The summed E-state index contributed by atoms with van der Waals surface area (Å²) in [7, 11) is 0. The van der Waals surface area contributed by atoms with Crippen LogP contribution in [-0.2, 0) is 0 Å². The molecule has 1 aromatic carbocycles. The van der Waals surface area contributed by atoms with Crippen molar-refractivity contribution in [2.24, 2.45) is 0 Å². The molecular formula is C19H23Cl2N5O2S. The van der Waals surface area contributed by atoms with Gasteiger partial charge in [0.1, 0.15) is 5.75 Å². The molecule has 156 valence electrons. The first kappa shape index (κ1) is 23.2. The molecule has 1 aliphatic heterocycles. The van der Waals surface area contributed by atoms with Crippen LogP contribution in [0.3, 0.4) is 0 Å². The third-order valence-electron chi connectivity index (χ3n) is 4.33. The number of aryl methyl sites for hydroxylation is 1. The molecule has 0 spiro atoms. The summed E-state index contributed by atoms with van der Waals surface area (Å²) in [5.74, 6) is 0.582. The van der Waals surface area contributed by atoms with Gasteiger partial charge in [-0.2, -0.15) is 0 Å². The number of piperazine rings is 1. The van der Waals surface area contributed by atoms with Crippen molar-refractivity contribution in [3.8, 4) is 5.75 Å². The van der Waals surface area contributed by atoms with Crippen molar-refractivity contribution in [3.05, 3.63) is 53.3 Å². The molecular weight excluding hydrogens is 433 g/mol. The molecule has 2 N–H and O–H groups in total. The normalized spacial score (nSPS) is 14.4. The maximum Gasteiger partial charge on any atom is 0.320 e. The summed E-state index contributed by atoms with van der Waals surface area (Å²) < 4.78 is 7.10. The van der Waals surface area contributed by atoms with E-state index in [4.69, 9.17) is 4.74 Å². The predicted molar refractivity (Wildman–Crippen MR) is 119 cm³/mol. The van der Waals surface area contributed by atoms with Crippen molar-refractivity contribution >= 4 is 52.4 Å². The van der Waals surface area contributed by atoms with E-state index < -0.39 is 6.23 Å². The second-order valence-electron chi connectivity index (χ2n) is 6.40. The first-order valence-electron chi connectivity index (χ1n) is 8.89. The van der Waals surface area contributed by atoms with E-state index >= 15 is 0 Å². The maximum atomic E-state index is 12.7. The molecule has 10 heteroatoms. The topological polar surface area (TPSA) is 79.4 Å². The average molecular weight is 456 g/mol. The molecule has 4 rings (SSSR count). The maximum absolute atomic E-state index is 12.7. The minimum absolute atomic E-state index is 0. The van der Waals surface area contributed by atoms with Crippen molar-refractivity contribution < 1.29 is 9.53 Å². The molecule has 2 amide bonds. The molecule has 0 bridgehead atoms. The predicted octanol–water partition coefficient (Wildman–Crippen LogP) is 3.54. The Morgan fingerprint density at radius 1 is 1.28 bits per heavy atom. The Bertz CT molecular complexity index is 935. The highest BCUT2D eigenvalue weighted by Gasteiger charge is 2.24. The number of carbonyl (C=O) groups is 1. The number of halogens is 2. The number of carbonyl (C=O) groups excluding carboxylic acids is 1. The van der Waals surface area contributed by atoms with Crippen molar-refractivity contribution in [1.29, 1.82) is 0 Å². The van der Waals surface area contributed by atoms with Gasteiger partial charge in [0.2, 0.25) is 6.23 Å². The summed E-state index contributed by atoms with van der Waals surface area (Å²) in [6, 6.07) is 9.57. The number of ether oxygens (including phenoxy) is 1. The number of aromatic nitrogens is 2. The Kier molecular flexibility index (Phi) is 8.45. The van der Waals surface area contributed by atoms with Gasteiger partial charge in [-0.3, -0.25) is 10.3 Å². The fourth-order valence-electron chi connectivity index (χ4n) is 2.93. The second-order valence-corrected chi connectivity index (χ2v) is 7.46. The summed E-state index contributed by atoms with van der Waals surface area (Å²) >= 11 is 1.53. The molecule has 1 aliphatic rings. The Hall–Kier alpha value is -2.13. The minimum Gasteiger partial charge on any atom is -0.462 e. The molecule has 1 saturated heterocycles. The SMILES string of the molecule is Cc1ccc2nc(C(NC(=O)N3CCNCC3)Oc3cccnc3)sc2c1.Cl.Cl. The molecule has 1 unspecified atom stereocenters. The summed E-state index contributed by atoms with van der Waals surface area (Å²) in [5.41, 5.74) is 2.07. The number of nitrogens with one attached hydrogen (secondary N) is 2. The smallest absolute Gasteiger partial charge is 0.320 e. The molecule has 29 heavy (non-hydrogen) atoms. The number of nitrogens with zero attached hydrogens (tertiary/aromatic N) is 3. The summed E-state index contributed by atoms with van der Waals surface area (Å²) in [5, 5.41) is 6.94. The molecule has 1 atom stereocenters. The number of amides is 2. The standard InChI is InChI=1S/C19H21N5O2S.2ClH/c1-13-4-5-15-16(11-13)27-18(22-15)17(26-14-3-2-6-21-12-14)23-19(25)24-9-7-20-8-10-24;;/h2-6,11-12,17,20H,7-10H2,1H3,(H,23,25);2*1H. The first-order chi connectivity index (χ1) is 13.2. The van der Waals surface area contributed by atoms with Crippen molar-refractivity contribution in [2.75, 3.05) is 26.2 Å². The average Bonchev–Trinajstić information content (AvgIpc) is 3.12. The van der Waals surface area contributed by atoms with Crippen LogP contribution in [0, 0.1) is 6.92 Å². The molecule has 0 radical (unpaired) electrons. The Morgan fingerprint density at radius 3 is 2.79 bits per heavy atom. The van der Waals surface area contributed by atoms with Gasteiger partial charge in [-0.1, -0.05) is 6.07 Å². The van der Waals surface area contributed by atoms with E-state index in [1.54, 1.807) is 23.4 Å². The molecule has 0 aliphatic carbocycles. The lowest BCUT2D eigenvalue weighted by molar-refractivity contribution is 0.139. The Labute approximate surface area is 185 Å². The van der Waals surface area contributed by atoms with Gasteiger partial charge in [0.05, 0.1) is 16.4 Å². The quantitative estimate of drug-likeness (QED) is 0.588. The van der Waals surface area contributed by atoms with Gasteiger partial charge in [0, 0.05) is 32.4 Å². The van der Waals surface area contributed by atoms with Gasteiger partial charge >= 0.3 is 6.03 Å². The summed E-state index contributed by atoms with van der Waals surface area (Å²) in [6.45, 7) is 4.98. The fraction of sp³-hybridized carbons (Fsp3) is 0.316. The number of benzene rings is 1. The Balaban J connectivity index is 0.00000150. The zero-order chi connectivity index (χ0) is 18.6. The Morgan fingerprint density at radius 2 is 2.07 bits per heavy atom. The van der Waals surface area contributed by atoms with E-state index in [0.717, 1.165) is 23.3 Å². The molecule has 3 heterocycles. The van der Waals surface area contributed by atoms with Gasteiger partial charge < -0.3 is 15.0 Å². The van der Waals surface area contributed by atoms with Crippen LogP contribution < -0.4 is 15.4 Å². The zero-order valence-electron chi connectivity index (χ0n) is 15.8. The van der Waals surface area contributed by atoms with E-state index in [1.807, 2.05) is 18.2 Å². The van der Waals surface area contributed by atoms with Crippen molar-refractivity contribution in [1.82, 2.24) is 25.5 Å². The van der Waals surface area contributed by atoms with Crippen LogP contribution in [0.4, 0.5) is 4.79 Å². The van der Waals surface area contributed by atoms with Crippen molar-refractivity contribution in [3.63, 3.8) is 0 Å².